The second-order valence-electron chi connectivity index (χ2n) is 10.1. The Morgan fingerprint density at radius 2 is 1.78 bits per heavy atom. The Morgan fingerprint density at radius 3 is 2.38 bits per heavy atom. The number of amides is 2. The third-order valence-electron chi connectivity index (χ3n) is 6.25. The van der Waals surface area contributed by atoms with Crippen LogP contribution in [0.1, 0.15) is 37.8 Å². The summed E-state index contributed by atoms with van der Waals surface area (Å²) in [7, 11) is 0. The lowest BCUT2D eigenvalue weighted by molar-refractivity contribution is -0.159. The average Bonchev–Trinajstić information content (AvgIpc) is 2.87. The molecule has 2 aromatic carbocycles. The van der Waals surface area contributed by atoms with Gasteiger partial charge in [-0.25, -0.2) is 4.79 Å². The number of β-lactam (4-membered cyclic amide) rings is 1. The van der Waals surface area contributed by atoms with Gasteiger partial charge in [-0.3, -0.25) is 14.5 Å². The zero-order chi connectivity index (χ0) is 26.7. The van der Waals surface area contributed by atoms with Crippen molar-refractivity contribution in [2.24, 2.45) is 0 Å². The van der Waals surface area contributed by atoms with Gasteiger partial charge >= 0.3 is 5.97 Å². The summed E-state index contributed by atoms with van der Waals surface area (Å²) in [6.07, 6.45) is 0.704. The summed E-state index contributed by atoms with van der Waals surface area (Å²) in [5.74, 6) is -1.53. The molecule has 37 heavy (non-hydrogen) atoms. The molecule has 4 atom stereocenters. The van der Waals surface area contributed by atoms with Crippen molar-refractivity contribution >= 4 is 29.5 Å². The van der Waals surface area contributed by atoms with Gasteiger partial charge in [0.1, 0.15) is 22.7 Å². The van der Waals surface area contributed by atoms with Gasteiger partial charge in [0.05, 0.1) is 12.5 Å². The van der Waals surface area contributed by atoms with Crippen molar-refractivity contribution in [2.45, 2.75) is 56.2 Å². The van der Waals surface area contributed by atoms with E-state index in [1.54, 1.807) is 26.8 Å². The van der Waals surface area contributed by atoms with Crippen LogP contribution in [0.4, 0.5) is 0 Å². The second-order valence-corrected chi connectivity index (χ2v) is 11.2. The standard InChI is InChI=1S/C29H32N2O5S/c1-5-20(19-14-10-7-11-15-19)25(33)21-17-37-27-23(30-22(32)16-18-12-8-6-9-13-18)26(34)31(27)24(21)28(35)36-29(2,3)4/h5-15,20,23,25,27,33H,1,16-17H2,2-4H3,(H,30,32)/t20-,23-,25-,27-/m1/s1. The van der Waals surface area contributed by atoms with E-state index in [4.69, 9.17) is 4.74 Å². The maximum Gasteiger partial charge on any atom is 0.355 e. The van der Waals surface area contributed by atoms with Crippen LogP contribution >= 0.6 is 11.8 Å². The fourth-order valence-electron chi connectivity index (χ4n) is 4.53. The summed E-state index contributed by atoms with van der Waals surface area (Å²) >= 11 is 1.40. The molecule has 8 heteroatoms. The van der Waals surface area contributed by atoms with Gasteiger partial charge in [0.25, 0.3) is 5.91 Å². The second kappa shape index (κ2) is 10.9. The molecule has 0 aromatic heterocycles. The van der Waals surface area contributed by atoms with Crippen LogP contribution in [-0.2, 0) is 25.5 Å². The number of benzene rings is 2. The molecule has 0 aliphatic carbocycles. The molecule has 4 rings (SSSR count). The molecule has 0 saturated carbocycles. The molecule has 7 nitrogen and oxygen atoms in total. The van der Waals surface area contributed by atoms with E-state index in [1.165, 1.54) is 16.7 Å². The minimum Gasteiger partial charge on any atom is -0.455 e. The third kappa shape index (κ3) is 5.81. The topological polar surface area (TPSA) is 95.9 Å². The highest BCUT2D eigenvalue weighted by molar-refractivity contribution is 8.00. The van der Waals surface area contributed by atoms with Crippen molar-refractivity contribution in [3.63, 3.8) is 0 Å². The van der Waals surface area contributed by atoms with Gasteiger partial charge in [-0.15, -0.1) is 18.3 Å². The summed E-state index contributed by atoms with van der Waals surface area (Å²) in [6, 6.07) is 17.9. The van der Waals surface area contributed by atoms with Crippen LogP contribution < -0.4 is 5.32 Å². The number of hydrogen-bond acceptors (Lipinski definition) is 6. The summed E-state index contributed by atoms with van der Waals surface area (Å²) < 4.78 is 5.65. The fourth-order valence-corrected chi connectivity index (χ4v) is 5.92. The van der Waals surface area contributed by atoms with Crippen LogP contribution in [0.15, 0.2) is 84.6 Å². The number of ether oxygens (including phenoxy) is 1. The number of carbonyl (C=O) groups is 3. The van der Waals surface area contributed by atoms with Gasteiger partial charge in [0.2, 0.25) is 5.91 Å². The molecule has 2 aliphatic rings. The van der Waals surface area contributed by atoms with Gasteiger partial charge in [-0.1, -0.05) is 66.7 Å². The maximum atomic E-state index is 13.4. The SMILES string of the molecule is C=C[C@H](c1ccccc1)[C@@H](O)C1=C(C(=O)OC(C)(C)C)N2C(=O)[C@@H](NC(=O)Cc3ccccc3)[C@H]2SC1. The van der Waals surface area contributed by atoms with Gasteiger partial charge in [-0.2, -0.15) is 0 Å². The predicted molar refractivity (Wildman–Crippen MR) is 143 cm³/mol. The molecule has 194 valence electrons. The van der Waals surface area contributed by atoms with Crippen molar-refractivity contribution < 1.29 is 24.2 Å². The smallest absolute Gasteiger partial charge is 0.355 e. The molecule has 2 N–H and O–H groups in total. The van der Waals surface area contributed by atoms with Crippen LogP contribution in [0.25, 0.3) is 0 Å². The normalized spacial score (nSPS) is 20.9. The monoisotopic (exact) mass is 520 g/mol. The molecule has 2 aromatic rings. The van der Waals surface area contributed by atoms with E-state index in [0.717, 1.165) is 11.1 Å². The minimum absolute atomic E-state index is 0.0486. The Balaban J connectivity index is 1.61. The van der Waals surface area contributed by atoms with E-state index in [2.05, 4.69) is 11.9 Å². The van der Waals surface area contributed by atoms with E-state index in [-0.39, 0.29) is 18.0 Å². The third-order valence-corrected chi connectivity index (χ3v) is 7.55. The Labute approximate surface area is 221 Å². The lowest BCUT2D eigenvalue weighted by atomic mass is 9.87. The number of nitrogens with zero attached hydrogens (tertiary/aromatic N) is 1. The highest BCUT2D eigenvalue weighted by Gasteiger charge is 2.55. The number of carbonyl (C=O) groups excluding carboxylic acids is 3. The van der Waals surface area contributed by atoms with Crippen molar-refractivity contribution in [3.05, 3.63) is 95.7 Å². The quantitative estimate of drug-likeness (QED) is 0.314. The predicted octanol–water partition coefficient (Wildman–Crippen LogP) is 3.56. The summed E-state index contributed by atoms with van der Waals surface area (Å²) in [6.45, 7) is 9.13. The number of hydrogen-bond donors (Lipinski definition) is 2. The van der Waals surface area contributed by atoms with Crippen LogP contribution in [-0.4, -0.2) is 56.7 Å². The van der Waals surface area contributed by atoms with Crippen LogP contribution in [0.5, 0.6) is 0 Å². The lowest BCUT2D eigenvalue weighted by Gasteiger charge is -2.50. The number of fused-ring (bicyclic) bond motifs is 1. The first-order valence-electron chi connectivity index (χ1n) is 12.2. The first-order chi connectivity index (χ1) is 17.6. The molecular weight excluding hydrogens is 488 g/mol. The van der Waals surface area contributed by atoms with Gasteiger partial charge in [0.15, 0.2) is 0 Å². The molecule has 0 bridgehead atoms. The molecular formula is C29H32N2O5S. The number of thioether (sulfide) groups is 1. The first kappa shape index (κ1) is 26.7. The number of esters is 1. The highest BCUT2D eigenvalue weighted by atomic mass is 32.2. The summed E-state index contributed by atoms with van der Waals surface area (Å²) in [5.41, 5.74) is 1.35. The average molecular weight is 521 g/mol. The Hall–Kier alpha value is -3.36. The van der Waals surface area contributed by atoms with E-state index < -0.39 is 40.9 Å². The van der Waals surface area contributed by atoms with Crippen LogP contribution in [0, 0.1) is 0 Å². The summed E-state index contributed by atoms with van der Waals surface area (Å²) in [4.78, 5) is 40.7. The zero-order valence-corrected chi connectivity index (χ0v) is 22.0. The van der Waals surface area contributed by atoms with Crippen molar-refractivity contribution in [2.75, 3.05) is 5.75 Å². The zero-order valence-electron chi connectivity index (χ0n) is 21.2. The molecule has 2 heterocycles. The Bertz CT molecular complexity index is 1210. The van der Waals surface area contributed by atoms with Crippen LogP contribution in [0.2, 0.25) is 0 Å². The van der Waals surface area contributed by atoms with Crippen LogP contribution in [0.3, 0.4) is 0 Å². The van der Waals surface area contributed by atoms with Gasteiger partial charge in [-0.05, 0) is 31.9 Å². The largest absolute Gasteiger partial charge is 0.455 e. The molecule has 0 unspecified atom stereocenters. The van der Waals surface area contributed by atoms with E-state index in [9.17, 15) is 19.5 Å². The van der Waals surface area contributed by atoms with Gasteiger partial charge in [0, 0.05) is 17.2 Å². The Morgan fingerprint density at radius 1 is 1.16 bits per heavy atom. The first-order valence-corrected chi connectivity index (χ1v) is 13.3. The van der Waals surface area contributed by atoms with Crippen molar-refractivity contribution in [1.82, 2.24) is 10.2 Å². The number of nitrogens with one attached hydrogen (secondary N) is 1. The highest BCUT2D eigenvalue weighted by Crippen LogP contribution is 2.43. The number of rotatable bonds is 8. The molecule has 0 spiro atoms. The maximum absolute atomic E-state index is 13.4. The lowest BCUT2D eigenvalue weighted by Crippen LogP contribution is -2.71. The number of aliphatic hydroxyl groups is 1. The van der Waals surface area contributed by atoms with E-state index in [0.29, 0.717) is 11.3 Å². The molecule has 2 amide bonds. The molecule has 1 fully saturated rings. The molecule has 0 radical (unpaired) electrons. The van der Waals surface area contributed by atoms with E-state index in [1.807, 2.05) is 60.7 Å². The summed E-state index contributed by atoms with van der Waals surface area (Å²) in [5, 5.41) is 13.8. The minimum atomic E-state index is -1.09. The van der Waals surface area contributed by atoms with Gasteiger partial charge < -0.3 is 15.2 Å². The molecule has 2 aliphatic heterocycles. The fraction of sp³-hybridized carbons (Fsp3) is 0.345. The van der Waals surface area contributed by atoms with Crippen molar-refractivity contribution in [3.8, 4) is 0 Å². The molecule has 1 saturated heterocycles. The van der Waals surface area contributed by atoms with E-state index >= 15 is 0 Å². The Kier molecular flexibility index (Phi) is 7.90. The van der Waals surface area contributed by atoms with Crippen molar-refractivity contribution in [1.29, 1.82) is 0 Å². The number of aliphatic hydroxyl groups excluding tert-OH is 1.